The van der Waals surface area contributed by atoms with Crippen molar-refractivity contribution in [3.8, 4) is 0 Å². The highest BCUT2D eigenvalue weighted by Gasteiger charge is 2.34. The molecule has 2 rings (SSSR count). The van der Waals surface area contributed by atoms with Gasteiger partial charge in [0.1, 0.15) is 17.5 Å². The van der Waals surface area contributed by atoms with Gasteiger partial charge < -0.3 is 10.6 Å². The van der Waals surface area contributed by atoms with Gasteiger partial charge in [0.15, 0.2) is 0 Å². The maximum Gasteiger partial charge on any atom is 0.267 e. The first-order chi connectivity index (χ1) is 8.00. The molecule has 6 nitrogen and oxygen atoms in total. The Morgan fingerprint density at radius 1 is 1.59 bits per heavy atom. The van der Waals surface area contributed by atoms with E-state index < -0.39 is 17.9 Å². The van der Waals surface area contributed by atoms with Crippen molar-refractivity contribution in [1.82, 2.24) is 10.2 Å². The van der Waals surface area contributed by atoms with Gasteiger partial charge in [-0.1, -0.05) is 0 Å². The fraction of sp³-hybridized carbons (Fsp3) is 0.300. The Kier molecular flexibility index (Phi) is 2.84. The highest BCUT2D eigenvalue weighted by atomic mass is 32.1. The van der Waals surface area contributed by atoms with Crippen LogP contribution < -0.4 is 11.1 Å². The van der Waals surface area contributed by atoms with Crippen LogP contribution in [0, 0.1) is 0 Å². The number of nitrogen functional groups attached to an aromatic ring is 1. The number of nitrogens with one attached hydrogen (secondary N) is 1. The number of carbonyl (C=O) groups excluding carboxylic acids is 3. The van der Waals surface area contributed by atoms with Crippen molar-refractivity contribution >= 4 is 34.7 Å². The van der Waals surface area contributed by atoms with Crippen LogP contribution in [0.3, 0.4) is 0 Å². The Labute approximate surface area is 101 Å². The summed E-state index contributed by atoms with van der Waals surface area (Å²) >= 11 is 1.20. The first-order valence-corrected chi connectivity index (χ1v) is 5.86. The molecule has 1 atom stereocenters. The Balaban J connectivity index is 2.27. The molecule has 1 unspecified atom stereocenters. The van der Waals surface area contributed by atoms with E-state index in [1.807, 2.05) is 0 Å². The van der Waals surface area contributed by atoms with E-state index in [0.29, 0.717) is 10.6 Å². The van der Waals surface area contributed by atoms with Crippen LogP contribution in [0.15, 0.2) is 11.4 Å². The Morgan fingerprint density at radius 2 is 2.29 bits per heavy atom. The number of thiophene rings is 1. The lowest BCUT2D eigenvalue weighted by Crippen LogP contribution is -2.58. The van der Waals surface area contributed by atoms with Crippen molar-refractivity contribution in [2.45, 2.75) is 13.0 Å². The third-order valence-corrected chi connectivity index (χ3v) is 3.49. The fourth-order valence-electron chi connectivity index (χ4n) is 1.59. The molecule has 1 aliphatic heterocycles. The summed E-state index contributed by atoms with van der Waals surface area (Å²) in [6.45, 7) is 1.45. The van der Waals surface area contributed by atoms with Gasteiger partial charge in [-0.05, 0) is 18.4 Å². The van der Waals surface area contributed by atoms with E-state index in [-0.39, 0.29) is 12.5 Å². The summed E-state index contributed by atoms with van der Waals surface area (Å²) in [6, 6.07) is 0.954. The quantitative estimate of drug-likeness (QED) is 0.679. The fourth-order valence-corrected chi connectivity index (χ4v) is 2.36. The van der Waals surface area contributed by atoms with Gasteiger partial charge in [-0.25, -0.2) is 0 Å². The molecule has 3 amide bonds. The van der Waals surface area contributed by atoms with Crippen molar-refractivity contribution in [1.29, 1.82) is 0 Å². The molecule has 90 valence electrons. The van der Waals surface area contributed by atoms with Crippen LogP contribution in [0.25, 0.3) is 0 Å². The van der Waals surface area contributed by atoms with E-state index in [1.54, 1.807) is 18.4 Å². The number of hydrogen-bond donors (Lipinski definition) is 2. The zero-order valence-electron chi connectivity index (χ0n) is 9.10. The molecular weight excluding hydrogens is 242 g/mol. The molecule has 1 saturated heterocycles. The van der Waals surface area contributed by atoms with E-state index in [1.165, 1.54) is 16.2 Å². The zero-order valence-corrected chi connectivity index (χ0v) is 9.91. The maximum absolute atomic E-state index is 12.1. The van der Waals surface area contributed by atoms with Crippen LogP contribution >= 0.6 is 11.3 Å². The monoisotopic (exact) mass is 253 g/mol. The van der Waals surface area contributed by atoms with Crippen LogP contribution in [0.2, 0.25) is 0 Å². The number of nitrogens with two attached hydrogens (primary N) is 1. The predicted molar refractivity (Wildman–Crippen MR) is 62.4 cm³/mol. The van der Waals surface area contributed by atoms with E-state index >= 15 is 0 Å². The van der Waals surface area contributed by atoms with Crippen LogP contribution in [-0.4, -0.2) is 35.2 Å². The minimum atomic E-state index is -0.665. The molecule has 0 radical (unpaired) electrons. The number of hydrogen-bond acceptors (Lipinski definition) is 5. The Hall–Kier alpha value is -1.89. The van der Waals surface area contributed by atoms with Crippen LogP contribution in [0.4, 0.5) is 5.69 Å². The van der Waals surface area contributed by atoms with Crippen molar-refractivity contribution in [2.24, 2.45) is 0 Å². The molecule has 1 aromatic rings. The molecule has 0 aromatic carbocycles. The number of nitrogens with zero attached hydrogens (tertiary/aromatic N) is 1. The van der Waals surface area contributed by atoms with Gasteiger partial charge in [-0.15, -0.1) is 11.3 Å². The molecule has 1 aliphatic rings. The van der Waals surface area contributed by atoms with E-state index in [4.69, 9.17) is 5.73 Å². The van der Waals surface area contributed by atoms with Crippen molar-refractivity contribution < 1.29 is 14.4 Å². The van der Waals surface area contributed by atoms with Gasteiger partial charge in [0.05, 0.1) is 5.69 Å². The SMILES string of the molecule is CC1C(=O)NC(=O)CN1C(=O)c1sccc1N. The molecule has 7 heteroatoms. The first kappa shape index (κ1) is 11.6. The minimum absolute atomic E-state index is 0.122. The Morgan fingerprint density at radius 3 is 2.88 bits per heavy atom. The van der Waals surface area contributed by atoms with Crippen molar-refractivity contribution in [3.05, 3.63) is 16.3 Å². The lowest BCUT2D eigenvalue weighted by Gasteiger charge is -2.31. The second-order valence-electron chi connectivity index (χ2n) is 3.73. The van der Waals surface area contributed by atoms with Crippen LogP contribution in [0.1, 0.15) is 16.6 Å². The second kappa shape index (κ2) is 4.17. The van der Waals surface area contributed by atoms with Crippen molar-refractivity contribution in [2.75, 3.05) is 12.3 Å². The minimum Gasteiger partial charge on any atom is -0.397 e. The number of rotatable bonds is 1. The number of imide groups is 1. The second-order valence-corrected chi connectivity index (χ2v) is 4.64. The highest BCUT2D eigenvalue weighted by Crippen LogP contribution is 2.22. The van der Waals surface area contributed by atoms with Gasteiger partial charge in [0, 0.05) is 0 Å². The van der Waals surface area contributed by atoms with Gasteiger partial charge in [0.2, 0.25) is 11.8 Å². The van der Waals surface area contributed by atoms with Crippen molar-refractivity contribution in [3.63, 3.8) is 0 Å². The van der Waals surface area contributed by atoms with Crippen LogP contribution in [0.5, 0.6) is 0 Å². The molecule has 0 saturated carbocycles. The maximum atomic E-state index is 12.1. The highest BCUT2D eigenvalue weighted by molar-refractivity contribution is 7.12. The number of piperazine rings is 1. The summed E-state index contributed by atoms with van der Waals surface area (Å²) in [6.07, 6.45) is 0. The summed E-state index contributed by atoms with van der Waals surface area (Å²) in [5.74, 6) is -1.32. The molecule has 0 aliphatic carbocycles. The zero-order chi connectivity index (χ0) is 12.6. The molecule has 0 bridgehead atoms. The van der Waals surface area contributed by atoms with Gasteiger partial charge in [-0.3, -0.25) is 19.7 Å². The molecule has 0 spiro atoms. The van der Waals surface area contributed by atoms with Gasteiger partial charge in [-0.2, -0.15) is 0 Å². The standard InChI is InChI=1S/C10H11N3O3S/c1-5-9(15)12-7(14)4-13(5)10(16)8-6(11)2-3-17-8/h2-3,5H,4,11H2,1H3,(H,12,14,15). The molecule has 17 heavy (non-hydrogen) atoms. The van der Waals surface area contributed by atoms with Crippen LogP contribution in [-0.2, 0) is 9.59 Å². The summed E-state index contributed by atoms with van der Waals surface area (Å²) in [5, 5.41) is 3.87. The normalized spacial score (nSPS) is 20.3. The third-order valence-electron chi connectivity index (χ3n) is 2.57. The lowest BCUT2D eigenvalue weighted by atomic mass is 10.2. The molecule has 1 aromatic heterocycles. The lowest BCUT2D eigenvalue weighted by molar-refractivity contribution is -0.138. The molecule has 1 fully saturated rings. The average molecular weight is 253 g/mol. The van der Waals surface area contributed by atoms with Gasteiger partial charge in [0.25, 0.3) is 5.91 Å². The summed E-state index contributed by atoms with van der Waals surface area (Å²) in [4.78, 5) is 36.3. The van der Waals surface area contributed by atoms with E-state index in [9.17, 15) is 14.4 Å². The average Bonchev–Trinajstić information content (AvgIpc) is 2.69. The Bertz CT molecular complexity index is 497. The third kappa shape index (κ3) is 2.01. The first-order valence-electron chi connectivity index (χ1n) is 4.98. The molecule has 2 heterocycles. The number of carbonyl (C=O) groups is 3. The molecular formula is C10H11N3O3S. The van der Waals surface area contributed by atoms with E-state index in [0.717, 1.165) is 0 Å². The van der Waals surface area contributed by atoms with Gasteiger partial charge >= 0.3 is 0 Å². The number of anilines is 1. The smallest absolute Gasteiger partial charge is 0.267 e. The summed E-state index contributed by atoms with van der Waals surface area (Å²) in [7, 11) is 0. The number of amides is 3. The summed E-state index contributed by atoms with van der Waals surface area (Å²) < 4.78 is 0. The topological polar surface area (TPSA) is 92.5 Å². The summed E-state index contributed by atoms with van der Waals surface area (Å²) in [5.41, 5.74) is 6.01. The molecule has 3 N–H and O–H groups in total. The predicted octanol–water partition coefficient (Wildman–Crippen LogP) is -0.183. The van der Waals surface area contributed by atoms with E-state index in [2.05, 4.69) is 5.32 Å². The largest absolute Gasteiger partial charge is 0.397 e.